The number of carbonyl (C=O) groups is 2. The minimum Gasteiger partial charge on any atom is -0.466 e. The first-order chi connectivity index (χ1) is 13.2. The molecule has 0 aliphatic rings. The van der Waals surface area contributed by atoms with Gasteiger partial charge >= 0.3 is 11.9 Å². The first-order valence-electron chi connectivity index (χ1n) is 7.87. The molecule has 0 atom stereocenters. The predicted molar refractivity (Wildman–Crippen MR) is 100 cm³/mol. The number of rotatable bonds is 7. The lowest BCUT2D eigenvalue weighted by Crippen LogP contribution is -2.25. The summed E-state index contributed by atoms with van der Waals surface area (Å²) in [6, 6.07) is 17.8. The van der Waals surface area contributed by atoms with E-state index in [0.29, 0.717) is 11.4 Å². The summed E-state index contributed by atoms with van der Waals surface area (Å²) in [5, 5.41) is 13.2. The van der Waals surface area contributed by atoms with Gasteiger partial charge < -0.3 is 9.47 Å². The summed E-state index contributed by atoms with van der Waals surface area (Å²) in [7, 11) is 2.41. The average molecular weight is 366 g/mol. The third-order valence-corrected chi connectivity index (χ3v) is 3.23. The number of para-hydroxylation sites is 1. The molecule has 0 fully saturated rings. The van der Waals surface area contributed by atoms with Crippen LogP contribution in [0.4, 0.5) is 11.4 Å². The predicted octanol–water partition coefficient (Wildman–Crippen LogP) is 3.45. The molecular formula is C19H18N4O4. The van der Waals surface area contributed by atoms with Gasteiger partial charge in [0.05, 0.1) is 31.7 Å². The summed E-state index contributed by atoms with van der Waals surface area (Å²) >= 11 is 0. The first-order valence-corrected chi connectivity index (χ1v) is 7.87. The fourth-order valence-electron chi connectivity index (χ4n) is 1.98. The number of anilines is 1. The summed E-state index contributed by atoms with van der Waals surface area (Å²) in [4.78, 5) is 23.8. The molecule has 0 unspecified atom stereocenters. The molecule has 0 saturated carbocycles. The molecule has 138 valence electrons. The van der Waals surface area contributed by atoms with Crippen molar-refractivity contribution in [2.24, 2.45) is 15.3 Å². The Morgan fingerprint density at radius 3 is 2.15 bits per heavy atom. The second kappa shape index (κ2) is 10.2. The topological polar surface area (TPSA) is 92.9 Å². The van der Waals surface area contributed by atoms with Crippen molar-refractivity contribution >= 4 is 29.7 Å². The van der Waals surface area contributed by atoms with Crippen LogP contribution >= 0.6 is 0 Å². The molecule has 0 radical (unpaired) electrons. The lowest BCUT2D eigenvalue weighted by molar-refractivity contribution is -0.138. The van der Waals surface area contributed by atoms with E-state index in [1.54, 1.807) is 36.4 Å². The second-order valence-electron chi connectivity index (χ2n) is 4.97. The summed E-state index contributed by atoms with van der Waals surface area (Å²) in [6.07, 6.45) is 2.15. The molecule has 8 nitrogen and oxygen atoms in total. The third kappa shape index (κ3) is 5.89. The van der Waals surface area contributed by atoms with Crippen molar-refractivity contribution in [2.45, 2.75) is 0 Å². The minimum atomic E-state index is -0.763. The number of hydrogen-bond acceptors (Lipinski definition) is 7. The zero-order valence-corrected chi connectivity index (χ0v) is 14.9. The average Bonchev–Trinajstić information content (AvgIpc) is 2.73. The van der Waals surface area contributed by atoms with E-state index >= 15 is 0 Å². The Morgan fingerprint density at radius 2 is 1.56 bits per heavy atom. The molecule has 2 aromatic carbocycles. The van der Waals surface area contributed by atoms with Gasteiger partial charge in [0.2, 0.25) is 0 Å². The monoisotopic (exact) mass is 366 g/mol. The van der Waals surface area contributed by atoms with Crippen molar-refractivity contribution < 1.29 is 19.1 Å². The molecule has 0 heterocycles. The van der Waals surface area contributed by atoms with Crippen molar-refractivity contribution in [3.8, 4) is 0 Å². The van der Waals surface area contributed by atoms with Gasteiger partial charge in [-0.1, -0.05) is 36.4 Å². The van der Waals surface area contributed by atoms with Crippen LogP contribution in [0.25, 0.3) is 0 Å². The normalized spacial score (nSPS) is 11.6. The van der Waals surface area contributed by atoms with Crippen LogP contribution in [0.3, 0.4) is 0 Å². The van der Waals surface area contributed by atoms with E-state index in [-0.39, 0.29) is 5.70 Å². The molecule has 0 amide bonds. The van der Waals surface area contributed by atoms with Gasteiger partial charge in [-0.15, -0.1) is 10.2 Å². The smallest absolute Gasteiger partial charge is 0.357 e. The minimum absolute atomic E-state index is 0.137. The van der Waals surface area contributed by atoms with E-state index in [9.17, 15) is 9.59 Å². The number of methoxy groups -OCH3 is 2. The standard InChI is InChI=1S/C19H18N4O4/c1-26-18(24)13-17(19(25)27-2)23(16-11-7-4-8-12-16)21-14-20-22-15-9-5-3-6-10-15/h3-14H,1-2H3. The largest absolute Gasteiger partial charge is 0.466 e. The van der Waals surface area contributed by atoms with E-state index in [4.69, 9.17) is 4.74 Å². The number of hydrogen-bond donors (Lipinski definition) is 0. The van der Waals surface area contributed by atoms with Crippen molar-refractivity contribution in [1.29, 1.82) is 0 Å². The highest BCUT2D eigenvalue weighted by Crippen LogP contribution is 2.20. The molecule has 0 aliphatic heterocycles. The highest BCUT2D eigenvalue weighted by molar-refractivity contribution is 5.99. The molecule has 8 heteroatoms. The van der Waals surface area contributed by atoms with E-state index in [2.05, 4.69) is 20.1 Å². The highest BCUT2D eigenvalue weighted by Gasteiger charge is 2.21. The fraction of sp³-hybridized carbons (Fsp3) is 0.105. The zero-order valence-electron chi connectivity index (χ0n) is 14.9. The quantitative estimate of drug-likeness (QED) is 0.187. The Hall–Kier alpha value is -3.81. The SMILES string of the molecule is COC(=O)C=C(C(=O)OC)N(N=CN=Nc1ccccc1)c1ccccc1. The number of carbonyl (C=O) groups excluding carboxylic acids is 2. The molecule has 0 spiro atoms. The van der Waals surface area contributed by atoms with Gasteiger partial charge in [-0.25, -0.2) is 14.6 Å². The second-order valence-corrected chi connectivity index (χ2v) is 4.97. The van der Waals surface area contributed by atoms with E-state index in [1.165, 1.54) is 19.2 Å². The fourth-order valence-corrected chi connectivity index (χ4v) is 1.98. The van der Waals surface area contributed by atoms with Gasteiger partial charge in [0.25, 0.3) is 0 Å². The highest BCUT2D eigenvalue weighted by atomic mass is 16.5. The Bertz CT molecular complexity index is 849. The lowest BCUT2D eigenvalue weighted by Gasteiger charge is -2.19. The molecular weight excluding hydrogens is 348 g/mol. The van der Waals surface area contributed by atoms with Crippen LogP contribution in [0.2, 0.25) is 0 Å². The number of ether oxygens (including phenoxy) is 2. The Morgan fingerprint density at radius 1 is 0.926 bits per heavy atom. The molecule has 0 saturated heterocycles. The van der Waals surface area contributed by atoms with Crippen molar-refractivity contribution in [2.75, 3.05) is 19.2 Å². The van der Waals surface area contributed by atoms with Gasteiger partial charge in [-0.3, -0.25) is 0 Å². The summed E-state index contributed by atoms with van der Waals surface area (Å²) in [6.45, 7) is 0. The Kier molecular flexibility index (Phi) is 7.40. The number of esters is 2. The van der Waals surface area contributed by atoms with E-state index < -0.39 is 11.9 Å². The molecule has 0 aliphatic carbocycles. The lowest BCUT2D eigenvalue weighted by atomic mass is 10.3. The molecule has 0 N–H and O–H groups in total. The zero-order chi connectivity index (χ0) is 19.5. The van der Waals surface area contributed by atoms with Crippen molar-refractivity contribution in [3.63, 3.8) is 0 Å². The van der Waals surface area contributed by atoms with Gasteiger partial charge in [-0.05, 0) is 24.3 Å². The van der Waals surface area contributed by atoms with Gasteiger partial charge in [-0.2, -0.15) is 5.10 Å². The molecule has 0 aromatic heterocycles. The van der Waals surface area contributed by atoms with Crippen LogP contribution in [0.1, 0.15) is 0 Å². The van der Waals surface area contributed by atoms with Gasteiger partial charge in [0.1, 0.15) is 0 Å². The number of hydrazone groups is 1. The Labute approximate surface area is 156 Å². The van der Waals surface area contributed by atoms with Crippen molar-refractivity contribution in [3.05, 3.63) is 72.4 Å². The number of benzene rings is 2. The molecule has 2 aromatic rings. The van der Waals surface area contributed by atoms with E-state index in [0.717, 1.165) is 12.4 Å². The maximum Gasteiger partial charge on any atom is 0.357 e. The summed E-state index contributed by atoms with van der Waals surface area (Å²) < 4.78 is 9.35. The third-order valence-electron chi connectivity index (χ3n) is 3.23. The van der Waals surface area contributed by atoms with Crippen LogP contribution in [0.15, 0.2) is 87.8 Å². The molecule has 27 heavy (non-hydrogen) atoms. The van der Waals surface area contributed by atoms with Crippen LogP contribution < -0.4 is 5.01 Å². The Balaban J connectivity index is 2.36. The maximum absolute atomic E-state index is 12.2. The summed E-state index contributed by atoms with van der Waals surface area (Å²) in [5.74, 6) is -1.49. The van der Waals surface area contributed by atoms with Gasteiger partial charge in [0, 0.05) is 0 Å². The molecule has 0 bridgehead atoms. The van der Waals surface area contributed by atoms with Crippen LogP contribution in [-0.2, 0) is 19.1 Å². The number of azo groups is 1. The first kappa shape index (κ1) is 19.5. The van der Waals surface area contributed by atoms with Crippen molar-refractivity contribution in [1.82, 2.24) is 0 Å². The summed E-state index contributed by atoms with van der Waals surface area (Å²) in [5.41, 5.74) is 1.03. The van der Waals surface area contributed by atoms with Crippen LogP contribution in [0, 0.1) is 0 Å². The van der Waals surface area contributed by atoms with Gasteiger partial charge in [0.15, 0.2) is 12.0 Å². The van der Waals surface area contributed by atoms with Crippen LogP contribution in [-0.4, -0.2) is 32.5 Å². The maximum atomic E-state index is 12.2. The van der Waals surface area contributed by atoms with E-state index in [1.807, 2.05) is 24.3 Å². The van der Waals surface area contributed by atoms with Crippen LogP contribution in [0.5, 0.6) is 0 Å². The molecule has 2 rings (SSSR count). The number of nitrogens with zero attached hydrogens (tertiary/aromatic N) is 4.